The summed E-state index contributed by atoms with van der Waals surface area (Å²) in [5.41, 5.74) is 2.16. The summed E-state index contributed by atoms with van der Waals surface area (Å²) in [6, 6.07) is 14.8. The Morgan fingerprint density at radius 3 is 2.81 bits per heavy atom. The summed E-state index contributed by atoms with van der Waals surface area (Å²) >= 11 is 0. The number of aliphatic carboxylic acids is 1. The largest absolute Gasteiger partial charge is 0.497 e. The minimum absolute atomic E-state index is 0.0409. The molecule has 0 spiro atoms. The summed E-state index contributed by atoms with van der Waals surface area (Å²) in [7, 11) is 3.21. The maximum absolute atomic E-state index is 15.5. The monoisotopic (exact) mass is 504 g/mol. The molecule has 1 saturated heterocycles. The van der Waals surface area contributed by atoms with Gasteiger partial charge in [-0.2, -0.15) is 0 Å². The number of carboxylic acids is 1. The van der Waals surface area contributed by atoms with Crippen molar-refractivity contribution in [2.45, 2.75) is 31.9 Å². The molecule has 37 heavy (non-hydrogen) atoms. The van der Waals surface area contributed by atoms with E-state index >= 15 is 4.39 Å². The third-order valence-electron chi connectivity index (χ3n) is 7.16. The zero-order valence-electron chi connectivity index (χ0n) is 21.3. The summed E-state index contributed by atoms with van der Waals surface area (Å²) < 4.78 is 26.2. The van der Waals surface area contributed by atoms with Crippen molar-refractivity contribution in [2.24, 2.45) is 11.8 Å². The van der Waals surface area contributed by atoms with Gasteiger partial charge in [-0.25, -0.2) is 4.39 Å². The summed E-state index contributed by atoms with van der Waals surface area (Å²) in [6.45, 7) is 2.01. The van der Waals surface area contributed by atoms with E-state index in [0.717, 1.165) is 35.2 Å². The van der Waals surface area contributed by atoms with Gasteiger partial charge in [0.25, 0.3) is 0 Å². The Labute approximate surface area is 217 Å². The number of likely N-dealkylation sites (tertiary alicyclic amines) is 1. The Morgan fingerprint density at radius 2 is 2.03 bits per heavy atom. The number of para-hydroxylation sites is 1. The lowest BCUT2D eigenvalue weighted by molar-refractivity contribution is -0.139. The molecule has 1 unspecified atom stereocenters. The molecular formula is C30H33FN2O4. The molecule has 1 aliphatic rings. The average molecular weight is 505 g/mol. The van der Waals surface area contributed by atoms with Crippen LogP contribution in [0, 0.1) is 23.7 Å². The van der Waals surface area contributed by atoms with E-state index in [1.807, 2.05) is 42.5 Å². The number of halogens is 1. The number of aromatic nitrogens is 1. The van der Waals surface area contributed by atoms with Crippen LogP contribution in [0.5, 0.6) is 11.5 Å². The second kappa shape index (κ2) is 12.6. The van der Waals surface area contributed by atoms with E-state index < -0.39 is 12.1 Å². The van der Waals surface area contributed by atoms with Crippen LogP contribution in [0.25, 0.3) is 10.9 Å². The molecule has 6 nitrogen and oxygen atoms in total. The molecule has 3 aromatic rings. The average Bonchev–Trinajstić information content (AvgIpc) is 2.91. The van der Waals surface area contributed by atoms with Crippen LogP contribution in [-0.2, 0) is 4.79 Å². The predicted octanol–water partition coefficient (Wildman–Crippen LogP) is 5.51. The normalized spacial score (nSPS) is 18.6. The Bertz CT molecular complexity index is 1290. The van der Waals surface area contributed by atoms with Crippen LogP contribution >= 0.6 is 0 Å². The number of methoxy groups -OCH3 is 2. The Morgan fingerprint density at radius 1 is 1.19 bits per heavy atom. The molecule has 7 heteroatoms. The van der Waals surface area contributed by atoms with Crippen molar-refractivity contribution in [3.63, 3.8) is 0 Å². The highest BCUT2D eigenvalue weighted by Gasteiger charge is 2.31. The first-order valence-corrected chi connectivity index (χ1v) is 12.6. The van der Waals surface area contributed by atoms with Gasteiger partial charge in [-0.3, -0.25) is 14.7 Å². The maximum atomic E-state index is 15.5. The molecule has 0 bridgehead atoms. The molecular weight excluding hydrogens is 471 g/mol. The number of rotatable bonds is 9. The van der Waals surface area contributed by atoms with E-state index in [1.165, 1.54) is 0 Å². The third-order valence-corrected chi connectivity index (χ3v) is 7.16. The van der Waals surface area contributed by atoms with Crippen molar-refractivity contribution in [1.82, 2.24) is 9.88 Å². The van der Waals surface area contributed by atoms with Gasteiger partial charge in [-0.15, -0.1) is 0 Å². The molecule has 1 aromatic heterocycles. The topological polar surface area (TPSA) is 71.9 Å². The fourth-order valence-electron chi connectivity index (χ4n) is 5.19. The van der Waals surface area contributed by atoms with Crippen LogP contribution in [0.2, 0.25) is 0 Å². The number of nitrogens with zero attached hydrogens (tertiary/aromatic N) is 2. The van der Waals surface area contributed by atoms with Crippen molar-refractivity contribution in [1.29, 1.82) is 0 Å². The first kappa shape index (κ1) is 26.4. The van der Waals surface area contributed by atoms with Crippen molar-refractivity contribution in [3.05, 3.63) is 65.9 Å². The van der Waals surface area contributed by atoms with Gasteiger partial charge in [-0.05, 0) is 79.6 Å². The number of pyridine rings is 1. The number of ether oxygens (including phenoxy) is 2. The van der Waals surface area contributed by atoms with Gasteiger partial charge >= 0.3 is 5.97 Å². The molecule has 0 radical (unpaired) electrons. The number of hydrogen-bond acceptors (Lipinski definition) is 5. The van der Waals surface area contributed by atoms with Crippen LogP contribution in [0.3, 0.4) is 0 Å². The lowest BCUT2D eigenvalue weighted by Gasteiger charge is -2.37. The molecule has 1 N–H and O–H groups in total. The van der Waals surface area contributed by atoms with E-state index in [2.05, 4.69) is 21.7 Å². The van der Waals surface area contributed by atoms with Crippen LogP contribution < -0.4 is 9.47 Å². The molecule has 3 atom stereocenters. The fraction of sp³-hybridized carbons (Fsp3) is 0.400. The van der Waals surface area contributed by atoms with Gasteiger partial charge in [0.1, 0.15) is 17.7 Å². The van der Waals surface area contributed by atoms with Gasteiger partial charge in [0.2, 0.25) is 0 Å². The zero-order valence-corrected chi connectivity index (χ0v) is 21.3. The Balaban J connectivity index is 1.39. The minimum Gasteiger partial charge on any atom is -0.497 e. The maximum Gasteiger partial charge on any atom is 0.303 e. The van der Waals surface area contributed by atoms with Crippen molar-refractivity contribution >= 4 is 16.9 Å². The first-order chi connectivity index (χ1) is 18.0. The Kier molecular flexibility index (Phi) is 8.97. The Hall–Kier alpha value is -3.63. The van der Waals surface area contributed by atoms with Crippen LogP contribution in [0.4, 0.5) is 4.39 Å². The third kappa shape index (κ3) is 6.78. The number of hydrogen-bond donors (Lipinski definition) is 1. The van der Waals surface area contributed by atoms with Crippen molar-refractivity contribution < 1.29 is 23.8 Å². The van der Waals surface area contributed by atoms with E-state index in [1.54, 1.807) is 26.5 Å². The molecule has 194 valence electrons. The number of benzene rings is 2. The highest BCUT2D eigenvalue weighted by atomic mass is 19.1. The molecule has 1 aliphatic heterocycles. The lowest BCUT2D eigenvalue weighted by atomic mass is 9.79. The molecule has 0 saturated carbocycles. The summed E-state index contributed by atoms with van der Waals surface area (Å²) in [4.78, 5) is 18.1. The smallest absolute Gasteiger partial charge is 0.303 e. The van der Waals surface area contributed by atoms with E-state index in [4.69, 9.17) is 9.47 Å². The van der Waals surface area contributed by atoms with Crippen LogP contribution in [-0.4, -0.2) is 54.8 Å². The van der Waals surface area contributed by atoms with Crippen molar-refractivity contribution in [2.75, 3.05) is 33.9 Å². The molecule has 1 fully saturated rings. The number of alkyl halides is 1. The number of carboxylic acid groups (broad SMARTS) is 1. The quantitative estimate of drug-likeness (QED) is 0.388. The minimum atomic E-state index is -1.16. The van der Waals surface area contributed by atoms with E-state index in [9.17, 15) is 9.90 Å². The molecule has 0 aliphatic carbocycles. The molecule has 2 aromatic carbocycles. The number of piperidine rings is 1. The van der Waals surface area contributed by atoms with E-state index in [0.29, 0.717) is 37.2 Å². The van der Waals surface area contributed by atoms with Crippen LogP contribution in [0.1, 0.15) is 43.0 Å². The van der Waals surface area contributed by atoms with Gasteiger partial charge in [0, 0.05) is 24.5 Å². The van der Waals surface area contributed by atoms with Gasteiger partial charge in [0.05, 0.1) is 31.8 Å². The molecule has 2 heterocycles. The second-order valence-electron chi connectivity index (χ2n) is 9.47. The first-order valence-electron chi connectivity index (χ1n) is 12.6. The number of carbonyl (C=O) groups is 1. The lowest BCUT2D eigenvalue weighted by Crippen LogP contribution is -2.41. The highest BCUT2D eigenvalue weighted by molar-refractivity contribution is 5.83. The molecule has 0 amide bonds. The van der Waals surface area contributed by atoms with Gasteiger partial charge < -0.3 is 14.6 Å². The van der Waals surface area contributed by atoms with Crippen LogP contribution in [0.15, 0.2) is 54.7 Å². The summed E-state index contributed by atoms with van der Waals surface area (Å²) in [6.07, 6.45) is 2.35. The highest BCUT2D eigenvalue weighted by Crippen LogP contribution is 2.36. The SMILES string of the molecule is COc1ccc2nccc(C(F)CC[C@@H]3CCN(CC#Cc4ccccc4OC)C[C@@H]3CC(=O)O)c2c1. The molecule has 4 rings (SSSR count). The standard InChI is InChI=1S/C30H33FN2O4/c1-36-24-10-12-28-26(19-24)25(13-15-32-28)27(31)11-9-21-14-17-33(20-23(21)18-30(34)35)16-5-7-22-6-3-4-8-29(22)37-2/h3-4,6,8,10,12-13,15,19,21,23,27H,9,11,14,16-18,20H2,1-2H3,(H,34,35)/t21-,23+,27?/m1/s1. The van der Waals surface area contributed by atoms with Gasteiger partial charge in [0.15, 0.2) is 0 Å². The second-order valence-corrected chi connectivity index (χ2v) is 9.47. The predicted molar refractivity (Wildman–Crippen MR) is 142 cm³/mol. The summed E-state index contributed by atoms with van der Waals surface area (Å²) in [5.74, 6) is 7.06. The van der Waals surface area contributed by atoms with Crippen molar-refractivity contribution in [3.8, 4) is 23.3 Å². The fourth-order valence-corrected chi connectivity index (χ4v) is 5.19. The number of fused-ring (bicyclic) bond motifs is 1. The summed E-state index contributed by atoms with van der Waals surface area (Å²) in [5, 5.41) is 10.3. The van der Waals surface area contributed by atoms with Gasteiger partial charge in [-0.1, -0.05) is 24.0 Å². The van der Waals surface area contributed by atoms with E-state index in [-0.39, 0.29) is 18.3 Å². The zero-order chi connectivity index (χ0) is 26.2.